The van der Waals surface area contributed by atoms with Crippen molar-refractivity contribution in [2.24, 2.45) is 0 Å². The predicted molar refractivity (Wildman–Crippen MR) is 99.4 cm³/mol. The van der Waals surface area contributed by atoms with Crippen molar-refractivity contribution in [2.45, 2.75) is 39.7 Å². The summed E-state index contributed by atoms with van der Waals surface area (Å²) in [6, 6.07) is 5.98. The summed E-state index contributed by atoms with van der Waals surface area (Å²) in [5, 5.41) is 0. The van der Waals surface area contributed by atoms with Crippen LogP contribution in [0.4, 0.5) is 0 Å². The lowest BCUT2D eigenvalue weighted by Crippen LogP contribution is -2.28. The van der Waals surface area contributed by atoms with Gasteiger partial charge in [-0.15, -0.1) is 0 Å². The highest BCUT2D eigenvalue weighted by molar-refractivity contribution is 6.10. The molecule has 3 aromatic rings. The zero-order valence-electron chi connectivity index (χ0n) is 15.3. The summed E-state index contributed by atoms with van der Waals surface area (Å²) in [6.45, 7) is 4.24. The van der Waals surface area contributed by atoms with Gasteiger partial charge in [0.05, 0.1) is 28.7 Å². The van der Waals surface area contributed by atoms with E-state index in [1.165, 1.54) is 0 Å². The Morgan fingerprint density at radius 1 is 1.23 bits per heavy atom. The third-order valence-electron chi connectivity index (χ3n) is 5.09. The van der Waals surface area contributed by atoms with Crippen molar-refractivity contribution < 1.29 is 9.59 Å². The van der Waals surface area contributed by atoms with Crippen LogP contribution in [0.1, 0.15) is 56.3 Å². The van der Waals surface area contributed by atoms with Crippen LogP contribution in [0.15, 0.2) is 18.2 Å². The first-order valence-electron chi connectivity index (χ1n) is 8.90. The van der Waals surface area contributed by atoms with E-state index >= 15 is 0 Å². The molecule has 0 radical (unpaired) electrons. The highest BCUT2D eigenvalue weighted by atomic mass is 16.2. The molecular formula is C20H22N4O2. The number of rotatable bonds is 3. The second-order valence-corrected chi connectivity index (χ2v) is 7.07. The molecule has 6 nitrogen and oxygen atoms in total. The molecule has 0 aliphatic heterocycles. The Bertz CT molecular complexity index is 1030. The molecule has 0 spiro atoms. The van der Waals surface area contributed by atoms with E-state index in [0.717, 1.165) is 46.7 Å². The molecule has 0 bridgehead atoms. The summed E-state index contributed by atoms with van der Waals surface area (Å²) in [5.41, 5.74) is 5.75. The molecule has 2 heterocycles. The quantitative estimate of drug-likeness (QED) is 0.760. The first-order chi connectivity index (χ1) is 12.5. The van der Waals surface area contributed by atoms with Crippen LogP contribution in [0, 0.1) is 13.8 Å². The SMILES string of the molecule is Cc1[nH]c2c(c1C(=O)N(C)Cc1nc3c(C)cccc3[nH]1)C(=O)CCC2. The van der Waals surface area contributed by atoms with Gasteiger partial charge in [-0.1, -0.05) is 12.1 Å². The van der Waals surface area contributed by atoms with Gasteiger partial charge in [-0.25, -0.2) is 4.98 Å². The molecule has 26 heavy (non-hydrogen) atoms. The summed E-state index contributed by atoms with van der Waals surface area (Å²) in [5.74, 6) is 0.651. The van der Waals surface area contributed by atoms with Crippen LogP contribution >= 0.6 is 0 Å². The number of H-pyrrole nitrogens is 2. The predicted octanol–water partition coefficient (Wildman–Crippen LogP) is 3.30. The van der Waals surface area contributed by atoms with E-state index in [2.05, 4.69) is 15.0 Å². The maximum absolute atomic E-state index is 13.0. The lowest BCUT2D eigenvalue weighted by atomic mass is 9.93. The number of Topliss-reactive ketones (excluding diaryl/α,β-unsaturated/α-hetero) is 1. The average Bonchev–Trinajstić information content (AvgIpc) is 3.16. The van der Waals surface area contributed by atoms with Crippen molar-refractivity contribution in [1.82, 2.24) is 19.9 Å². The number of carbonyl (C=O) groups is 2. The first kappa shape index (κ1) is 16.6. The normalized spacial score (nSPS) is 13.9. The van der Waals surface area contributed by atoms with Crippen molar-refractivity contribution in [3.05, 3.63) is 52.1 Å². The van der Waals surface area contributed by atoms with Crippen molar-refractivity contribution in [3.8, 4) is 0 Å². The van der Waals surface area contributed by atoms with E-state index in [4.69, 9.17) is 0 Å². The van der Waals surface area contributed by atoms with Crippen LogP contribution in [0.25, 0.3) is 11.0 Å². The largest absolute Gasteiger partial charge is 0.361 e. The minimum atomic E-state index is -0.146. The van der Waals surface area contributed by atoms with Gasteiger partial charge in [-0.2, -0.15) is 0 Å². The minimum absolute atomic E-state index is 0.0618. The summed E-state index contributed by atoms with van der Waals surface area (Å²) in [6.07, 6.45) is 2.17. The summed E-state index contributed by atoms with van der Waals surface area (Å²) in [7, 11) is 1.74. The molecular weight excluding hydrogens is 328 g/mol. The fourth-order valence-corrected chi connectivity index (χ4v) is 3.79. The van der Waals surface area contributed by atoms with Gasteiger partial charge in [0.25, 0.3) is 5.91 Å². The van der Waals surface area contributed by atoms with E-state index in [1.54, 1.807) is 11.9 Å². The average molecular weight is 350 g/mol. The number of benzene rings is 1. The fraction of sp³-hybridized carbons (Fsp3) is 0.350. The molecule has 0 saturated heterocycles. The zero-order valence-corrected chi connectivity index (χ0v) is 15.3. The van der Waals surface area contributed by atoms with E-state index in [-0.39, 0.29) is 11.7 Å². The topological polar surface area (TPSA) is 81.8 Å². The Balaban J connectivity index is 1.63. The number of aryl methyl sites for hydroxylation is 3. The van der Waals surface area contributed by atoms with Gasteiger partial charge in [-0.05, 0) is 38.3 Å². The number of carbonyl (C=O) groups excluding carboxylic acids is 2. The maximum Gasteiger partial charge on any atom is 0.256 e. The zero-order chi connectivity index (χ0) is 18.4. The molecule has 2 aromatic heterocycles. The number of aromatic nitrogens is 3. The minimum Gasteiger partial charge on any atom is -0.361 e. The van der Waals surface area contributed by atoms with Crippen molar-refractivity contribution >= 4 is 22.7 Å². The Labute approximate surface area is 151 Å². The van der Waals surface area contributed by atoms with Gasteiger partial charge < -0.3 is 14.9 Å². The number of amides is 1. The smallest absolute Gasteiger partial charge is 0.256 e. The fourth-order valence-electron chi connectivity index (χ4n) is 3.79. The molecule has 4 rings (SSSR count). The first-order valence-corrected chi connectivity index (χ1v) is 8.90. The van der Waals surface area contributed by atoms with Gasteiger partial charge in [0.15, 0.2) is 5.78 Å². The van der Waals surface area contributed by atoms with Crippen LogP contribution in [0.5, 0.6) is 0 Å². The Hall–Kier alpha value is -2.89. The second-order valence-electron chi connectivity index (χ2n) is 7.07. The van der Waals surface area contributed by atoms with Crippen LogP contribution in [0.2, 0.25) is 0 Å². The number of nitrogens with one attached hydrogen (secondary N) is 2. The number of ketones is 1. The molecule has 1 aliphatic carbocycles. The molecule has 0 saturated carbocycles. The molecule has 1 aliphatic rings. The van der Waals surface area contributed by atoms with Gasteiger partial charge >= 0.3 is 0 Å². The maximum atomic E-state index is 13.0. The molecule has 1 aromatic carbocycles. The highest BCUT2D eigenvalue weighted by Gasteiger charge is 2.30. The van der Waals surface area contributed by atoms with Crippen molar-refractivity contribution in [2.75, 3.05) is 7.05 Å². The van der Waals surface area contributed by atoms with Crippen LogP contribution in [0.3, 0.4) is 0 Å². The van der Waals surface area contributed by atoms with E-state index in [1.807, 2.05) is 32.0 Å². The lowest BCUT2D eigenvalue weighted by Gasteiger charge is -2.18. The van der Waals surface area contributed by atoms with Crippen LogP contribution < -0.4 is 0 Å². The highest BCUT2D eigenvalue weighted by Crippen LogP contribution is 2.28. The van der Waals surface area contributed by atoms with E-state index in [9.17, 15) is 9.59 Å². The third kappa shape index (κ3) is 2.62. The Morgan fingerprint density at radius 2 is 2.04 bits per heavy atom. The van der Waals surface area contributed by atoms with Gasteiger partial charge in [0.1, 0.15) is 5.82 Å². The third-order valence-corrected chi connectivity index (χ3v) is 5.09. The number of hydrogen-bond donors (Lipinski definition) is 2. The summed E-state index contributed by atoms with van der Waals surface area (Å²) < 4.78 is 0. The molecule has 134 valence electrons. The van der Waals surface area contributed by atoms with Crippen LogP contribution in [-0.2, 0) is 13.0 Å². The Morgan fingerprint density at radius 3 is 2.81 bits per heavy atom. The molecule has 0 fully saturated rings. The summed E-state index contributed by atoms with van der Waals surface area (Å²) in [4.78, 5) is 38.1. The number of hydrogen-bond acceptors (Lipinski definition) is 3. The lowest BCUT2D eigenvalue weighted by molar-refractivity contribution is 0.0775. The number of aromatic amines is 2. The van der Waals surface area contributed by atoms with Gasteiger partial charge in [0, 0.05) is 24.9 Å². The number of nitrogens with zero attached hydrogens (tertiary/aromatic N) is 2. The molecule has 2 N–H and O–H groups in total. The molecule has 6 heteroatoms. The van der Waals surface area contributed by atoms with E-state index < -0.39 is 0 Å². The molecule has 1 amide bonds. The van der Waals surface area contributed by atoms with Crippen molar-refractivity contribution in [1.29, 1.82) is 0 Å². The molecule has 0 atom stereocenters. The van der Waals surface area contributed by atoms with Gasteiger partial charge in [0.2, 0.25) is 0 Å². The monoisotopic (exact) mass is 350 g/mol. The number of fused-ring (bicyclic) bond motifs is 2. The van der Waals surface area contributed by atoms with Gasteiger partial charge in [-0.3, -0.25) is 9.59 Å². The summed E-state index contributed by atoms with van der Waals surface area (Å²) >= 11 is 0. The standard InChI is InChI=1S/C20H22N4O2/c1-11-6-4-8-14-19(11)23-16(22-14)10-24(3)20(26)17-12(2)21-13-7-5-9-15(25)18(13)17/h4,6,8,21H,5,7,9-10H2,1-3H3,(H,22,23). The Kier molecular flexibility index (Phi) is 3.90. The van der Waals surface area contributed by atoms with Crippen molar-refractivity contribution in [3.63, 3.8) is 0 Å². The second kappa shape index (κ2) is 6.12. The molecule has 0 unspecified atom stereocenters. The number of imidazole rings is 1. The van der Waals surface area contributed by atoms with Crippen LogP contribution in [-0.4, -0.2) is 38.6 Å². The number of para-hydroxylation sites is 1. The van der Waals surface area contributed by atoms with E-state index in [0.29, 0.717) is 24.1 Å².